The molecule has 0 amide bonds. The first kappa shape index (κ1) is 15.1. The molecule has 1 heterocycles. The highest BCUT2D eigenvalue weighted by Crippen LogP contribution is 2.19. The van der Waals surface area contributed by atoms with Crippen molar-refractivity contribution < 1.29 is 18.7 Å². The Balaban J connectivity index is 2.13. The van der Waals surface area contributed by atoms with Crippen molar-refractivity contribution in [3.63, 3.8) is 0 Å². The molecular formula is C16H18O5. The van der Waals surface area contributed by atoms with Crippen LogP contribution in [0.3, 0.4) is 0 Å². The summed E-state index contributed by atoms with van der Waals surface area (Å²) in [5.74, 6) is 0.396. The van der Waals surface area contributed by atoms with Gasteiger partial charge in [-0.25, -0.2) is 0 Å². The maximum atomic E-state index is 12.3. The molecule has 0 aliphatic heterocycles. The molecule has 0 atom stereocenters. The van der Waals surface area contributed by atoms with Crippen molar-refractivity contribution in [3.05, 3.63) is 40.2 Å². The first-order valence-corrected chi connectivity index (χ1v) is 6.89. The Morgan fingerprint density at radius 1 is 1.33 bits per heavy atom. The van der Waals surface area contributed by atoms with Gasteiger partial charge in [0, 0.05) is 18.1 Å². The lowest BCUT2D eigenvalue weighted by atomic mass is 10.1. The fraction of sp³-hybridized carbons (Fsp3) is 0.375. The van der Waals surface area contributed by atoms with Crippen LogP contribution in [0.4, 0.5) is 0 Å². The predicted molar refractivity (Wildman–Crippen MR) is 78.6 cm³/mol. The van der Waals surface area contributed by atoms with Crippen LogP contribution in [-0.4, -0.2) is 19.7 Å². The van der Waals surface area contributed by atoms with E-state index in [0.29, 0.717) is 48.2 Å². The Morgan fingerprint density at radius 3 is 2.86 bits per heavy atom. The average Bonchev–Trinajstić information content (AvgIpc) is 2.49. The second-order valence-corrected chi connectivity index (χ2v) is 4.61. The number of aryl methyl sites for hydroxylation is 1. The molecule has 5 nitrogen and oxygen atoms in total. The first-order chi connectivity index (χ1) is 10.2. The van der Waals surface area contributed by atoms with Gasteiger partial charge in [-0.1, -0.05) is 0 Å². The second-order valence-electron chi connectivity index (χ2n) is 4.61. The normalized spacial score (nSPS) is 10.6. The third-order valence-corrected chi connectivity index (χ3v) is 3.19. The zero-order valence-corrected chi connectivity index (χ0v) is 12.2. The molecule has 2 rings (SSSR count). The largest absolute Gasteiger partial charge is 0.497 e. The van der Waals surface area contributed by atoms with Crippen molar-refractivity contribution in [3.8, 4) is 5.75 Å². The van der Waals surface area contributed by atoms with Gasteiger partial charge < -0.3 is 13.9 Å². The summed E-state index contributed by atoms with van der Waals surface area (Å²) in [5, 5.41) is 0.518. The van der Waals surface area contributed by atoms with E-state index < -0.39 is 0 Å². The zero-order chi connectivity index (χ0) is 15.2. The van der Waals surface area contributed by atoms with Crippen LogP contribution in [0.1, 0.15) is 25.3 Å². The number of methoxy groups -OCH3 is 1. The maximum Gasteiger partial charge on any atom is 0.305 e. The van der Waals surface area contributed by atoms with E-state index in [4.69, 9.17) is 13.9 Å². The summed E-state index contributed by atoms with van der Waals surface area (Å²) in [6, 6.07) is 5.09. The van der Waals surface area contributed by atoms with Gasteiger partial charge in [0.15, 0.2) is 5.43 Å². The van der Waals surface area contributed by atoms with E-state index in [2.05, 4.69) is 0 Å². The van der Waals surface area contributed by atoms with Crippen molar-refractivity contribution >= 4 is 16.9 Å². The second kappa shape index (κ2) is 6.92. The molecule has 2 aromatic rings. The number of carbonyl (C=O) groups is 1. The Kier molecular flexibility index (Phi) is 4.98. The summed E-state index contributed by atoms with van der Waals surface area (Å²) < 4.78 is 15.4. The van der Waals surface area contributed by atoms with Crippen LogP contribution in [0.2, 0.25) is 0 Å². The molecule has 0 bridgehead atoms. The number of esters is 1. The molecule has 0 unspecified atom stereocenters. The highest BCUT2D eigenvalue weighted by Gasteiger charge is 2.09. The molecule has 0 saturated carbocycles. The lowest BCUT2D eigenvalue weighted by molar-refractivity contribution is -0.143. The number of hydrogen-bond donors (Lipinski definition) is 0. The van der Waals surface area contributed by atoms with Gasteiger partial charge in [-0.15, -0.1) is 0 Å². The van der Waals surface area contributed by atoms with Gasteiger partial charge in [0.25, 0.3) is 0 Å². The van der Waals surface area contributed by atoms with Crippen LogP contribution >= 0.6 is 0 Å². The van der Waals surface area contributed by atoms with Gasteiger partial charge in [0.05, 0.1) is 25.4 Å². The van der Waals surface area contributed by atoms with Gasteiger partial charge in [-0.05, 0) is 31.9 Å². The molecule has 0 aliphatic rings. The van der Waals surface area contributed by atoms with Gasteiger partial charge in [-0.2, -0.15) is 0 Å². The predicted octanol–water partition coefficient (Wildman–Crippen LogP) is 2.69. The number of fused-ring (bicyclic) bond motifs is 1. The third kappa shape index (κ3) is 3.62. The van der Waals surface area contributed by atoms with Crippen molar-refractivity contribution in [2.75, 3.05) is 13.7 Å². The zero-order valence-electron chi connectivity index (χ0n) is 12.2. The van der Waals surface area contributed by atoms with Crippen LogP contribution in [0, 0.1) is 0 Å². The fourth-order valence-electron chi connectivity index (χ4n) is 2.10. The van der Waals surface area contributed by atoms with Crippen molar-refractivity contribution in [2.24, 2.45) is 0 Å². The third-order valence-electron chi connectivity index (χ3n) is 3.19. The highest BCUT2D eigenvalue weighted by atomic mass is 16.5. The number of ether oxygens (including phenoxy) is 2. The molecular weight excluding hydrogens is 272 g/mol. The minimum absolute atomic E-state index is 0.0669. The van der Waals surface area contributed by atoms with Crippen molar-refractivity contribution in [2.45, 2.75) is 26.2 Å². The quantitative estimate of drug-likeness (QED) is 0.765. The smallest absolute Gasteiger partial charge is 0.305 e. The van der Waals surface area contributed by atoms with Crippen LogP contribution in [0.15, 0.2) is 33.7 Å². The SMILES string of the molecule is CCOC(=O)CCCc1coc2cc(OC)ccc2c1=O. The van der Waals surface area contributed by atoms with Crippen LogP contribution < -0.4 is 10.2 Å². The fourth-order valence-corrected chi connectivity index (χ4v) is 2.10. The Hall–Kier alpha value is -2.30. The minimum atomic E-state index is -0.243. The van der Waals surface area contributed by atoms with Gasteiger partial charge >= 0.3 is 5.97 Å². The van der Waals surface area contributed by atoms with E-state index in [1.165, 1.54) is 6.26 Å². The summed E-state index contributed by atoms with van der Waals surface area (Å²) in [7, 11) is 1.56. The topological polar surface area (TPSA) is 65.7 Å². The molecule has 1 aromatic heterocycles. The summed E-state index contributed by atoms with van der Waals surface area (Å²) in [4.78, 5) is 23.6. The molecule has 0 radical (unpaired) electrons. The molecule has 0 spiro atoms. The molecule has 5 heteroatoms. The van der Waals surface area contributed by atoms with Crippen molar-refractivity contribution in [1.82, 2.24) is 0 Å². The van der Waals surface area contributed by atoms with E-state index in [0.717, 1.165) is 0 Å². The van der Waals surface area contributed by atoms with Crippen LogP contribution in [0.5, 0.6) is 5.75 Å². The monoisotopic (exact) mass is 290 g/mol. The molecule has 21 heavy (non-hydrogen) atoms. The number of rotatable bonds is 6. The highest BCUT2D eigenvalue weighted by molar-refractivity contribution is 5.78. The van der Waals surface area contributed by atoms with Crippen LogP contribution in [0.25, 0.3) is 11.0 Å². The van der Waals surface area contributed by atoms with Crippen molar-refractivity contribution in [1.29, 1.82) is 0 Å². The number of benzene rings is 1. The average molecular weight is 290 g/mol. The van der Waals surface area contributed by atoms with E-state index in [1.807, 2.05) is 0 Å². The Morgan fingerprint density at radius 2 is 2.14 bits per heavy atom. The molecule has 0 aliphatic carbocycles. The molecule has 0 N–H and O–H groups in total. The standard InChI is InChI=1S/C16H18O5/c1-3-20-15(17)6-4-5-11-10-21-14-9-12(19-2)7-8-13(14)16(11)18/h7-10H,3-6H2,1-2H3. The molecule has 0 fully saturated rings. The lowest BCUT2D eigenvalue weighted by Crippen LogP contribution is -2.10. The van der Waals surface area contributed by atoms with Gasteiger partial charge in [-0.3, -0.25) is 9.59 Å². The van der Waals surface area contributed by atoms with E-state index in [1.54, 1.807) is 32.2 Å². The van der Waals surface area contributed by atoms with E-state index >= 15 is 0 Å². The molecule has 0 saturated heterocycles. The number of hydrogen-bond acceptors (Lipinski definition) is 5. The van der Waals surface area contributed by atoms with Gasteiger partial charge in [0.2, 0.25) is 0 Å². The van der Waals surface area contributed by atoms with Crippen LogP contribution in [-0.2, 0) is 16.0 Å². The molecule has 112 valence electrons. The molecule has 1 aromatic carbocycles. The summed E-state index contributed by atoms with van der Waals surface area (Å²) in [5.41, 5.74) is 0.994. The summed E-state index contributed by atoms with van der Waals surface area (Å²) in [6.07, 6.45) is 2.80. The Labute approximate surface area is 122 Å². The minimum Gasteiger partial charge on any atom is -0.497 e. The van der Waals surface area contributed by atoms with E-state index in [9.17, 15) is 9.59 Å². The number of carbonyl (C=O) groups excluding carboxylic acids is 1. The summed E-state index contributed by atoms with van der Waals surface area (Å²) in [6.45, 7) is 2.14. The lowest BCUT2D eigenvalue weighted by Gasteiger charge is -2.04. The first-order valence-electron chi connectivity index (χ1n) is 6.89. The maximum absolute atomic E-state index is 12.3. The van der Waals surface area contributed by atoms with Gasteiger partial charge in [0.1, 0.15) is 11.3 Å². The summed E-state index contributed by atoms with van der Waals surface area (Å²) >= 11 is 0. The Bertz CT molecular complexity index is 687. The van der Waals surface area contributed by atoms with E-state index in [-0.39, 0.29) is 11.4 Å².